The van der Waals surface area contributed by atoms with Crippen LogP contribution in [0.25, 0.3) is 0 Å². The molecular weight excluding hydrogens is 302 g/mol. The van der Waals surface area contributed by atoms with Gasteiger partial charge in [0.25, 0.3) is 5.88 Å². The smallest absolute Gasteiger partial charge is 0.257 e. The maximum absolute atomic E-state index is 10.6. The molecule has 0 unspecified atom stereocenters. The van der Waals surface area contributed by atoms with E-state index in [0.29, 0.717) is 16.7 Å². The van der Waals surface area contributed by atoms with Crippen LogP contribution in [0.3, 0.4) is 0 Å². The van der Waals surface area contributed by atoms with Gasteiger partial charge >= 0.3 is 0 Å². The molecule has 2 aromatic rings. The van der Waals surface area contributed by atoms with Crippen LogP contribution in [-0.4, -0.2) is 27.7 Å². The van der Waals surface area contributed by atoms with E-state index >= 15 is 0 Å². The summed E-state index contributed by atoms with van der Waals surface area (Å²) in [7, 11) is 0. The molecule has 0 aliphatic rings. The molecule has 0 fully saturated rings. The summed E-state index contributed by atoms with van der Waals surface area (Å²) in [6.45, 7) is 5.80. The number of benzene rings is 1. The van der Waals surface area contributed by atoms with E-state index in [2.05, 4.69) is 15.3 Å². The second-order valence-corrected chi connectivity index (χ2v) is 5.95. The SMILES string of the molecule is CC(C)Oc1nccnc1NC[C@](C)(O)c1cccc(Cl)c1. The Bertz CT molecular complexity index is 632. The van der Waals surface area contributed by atoms with Crippen LogP contribution < -0.4 is 10.1 Å². The Kier molecular flexibility index (Phi) is 5.21. The Labute approximate surface area is 135 Å². The van der Waals surface area contributed by atoms with Gasteiger partial charge in [-0.3, -0.25) is 0 Å². The van der Waals surface area contributed by atoms with Gasteiger partial charge in [-0.25, -0.2) is 9.97 Å². The molecule has 1 aromatic carbocycles. The number of halogens is 1. The third kappa shape index (κ3) is 4.32. The van der Waals surface area contributed by atoms with Crippen molar-refractivity contribution in [2.45, 2.75) is 32.5 Å². The van der Waals surface area contributed by atoms with Gasteiger partial charge in [0.15, 0.2) is 5.82 Å². The Hall–Kier alpha value is -1.85. The number of anilines is 1. The lowest BCUT2D eigenvalue weighted by Gasteiger charge is -2.25. The molecule has 0 amide bonds. The van der Waals surface area contributed by atoms with E-state index in [-0.39, 0.29) is 12.6 Å². The molecular formula is C16H20ClN3O2. The first kappa shape index (κ1) is 16.5. The van der Waals surface area contributed by atoms with Crippen molar-refractivity contribution < 1.29 is 9.84 Å². The van der Waals surface area contributed by atoms with Gasteiger partial charge in [-0.1, -0.05) is 23.7 Å². The molecule has 0 saturated carbocycles. The van der Waals surface area contributed by atoms with E-state index in [1.165, 1.54) is 0 Å². The largest absolute Gasteiger partial charge is 0.472 e. The molecule has 1 atom stereocenters. The molecule has 1 heterocycles. The van der Waals surface area contributed by atoms with Crippen LogP contribution in [-0.2, 0) is 5.60 Å². The van der Waals surface area contributed by atoms with Crippen molar-refractivity contribution >= 4 is 17.4 Å². The zero-order chi connectivity index (χ0) is 16.2. The van der Waals surface area contributed by atoms with E-state index in [1.807, 2.05) is 26.0 Å². The summed E-state index contributed by atoms with van der Waals surface area (Å²) in [4.78, 5) is 8.37. The summed E-state index contributed by atoms with van der Waals surface area (Å²) in [5, 5.41) is 14.3. The third-order valence-electron chi connectivity index (χ3n) is 3.06. The number of nitrogens with zero attached hydrogens (tertiary/aromatic N) is 2. The fourth-order valence-electron chi connectivity index (χ4n) is 1.94. The average Bonchev–Trinajstić information content (AvgIpc) is 2.46. The van der Waals surface area contributed by atoms with Gasteiger partial charge in [0.2, 0.25) is 0 Å². The predicted octanol–water partition coefficient (Wildman–Crippen LogP) is 3.24. The van der Waals surface area contributed by atoms with Crippen molar-refractivity contribution in [3.63, 3.8) is 0 Å². The average molecular weight is 322 g/mol. The zero-order valence-corrected chi connectivity index (χ0v) is 13.6. The van der Waals surface area contributed by atoms with Crippen molar-refractivity contribution in [2.24, 2.45) is 0 Å². The topological polar surface area (TPSA) is 67.3 Å². The van der Waals surface area contributed by atoms with E-state index in [1.54, 1.807) is 31.5 Å². The summed E-state index contributed by atoms with van der Waals surface area (Å²) >= 11 is 5.98. The van der Waals surface area contributed by atoms with Gasteiger partial charge in [-0.2, -0.15) is 0 Å². The van der Waals surface area contributed by atoms with Crippen LogP contribution in [0.15, 0.2) is 36.7 Å². The lowest BCUT2D eigenvalue weighted by atomic mass is 9.96. The summed E-state index contributed by atoms with van der Waals surface area (Å²) in [5.41, 5.74) is -0.375. The molecule has 22 heavy (non-hydrogen) atoms. The van der Waals surface area contributed by atoms with Crippen molar-refractivity contribution in [3.8, 4) is 5.88 Å². The molecule has 2 rings (SSSR count). The molecule has 118 valence electrons. The van der Waals surface area contributed by atoms with Gasteiger partial charge in [0, 0.05) is 24.0 Å². The van der Waals surface area contributed by atoms with Crippen LogP contribution in [0.5, 0.6) is 5.88 Å². The second kappa shape index (κ2) is 6.94. The minimum Gasteiger partial charge on any atom is -0.472 e. The first-order chi connectivity index (χ1) is 10.4. The summed E-state index contributed by atoms with van der Waals surface area (Å²) < 4.78 is 5.60. The van der Waals surface area contributed by atoms with E-state index in [9.17, 15) is 5.11 Å². The number of rotatable bonds is 6. The second-order valence-electron chi connectivity index (χ2n) is 5.51. The van der Waals surface area contributed by atoms with Crippen molar-refractivity contribution in [1.29, 1.82) is 0 Å². The van der Waals surface area contributed by atoms with Gasteiger partial charge in [-0.05, 0) is 38.5 Å². The normalized spacial score (nSPS) is 13.7. The number of hydrogen-bond donors (Lipinski definition) is 2. The number of aliphatic hydroxyl groups is 1. The zero-order valence-electron chi connectivity index (χ0n) is 12.9. The lowest BCUT2D eigenvalue weighted by Crippen LogP contribution is -2.31. The standard InChI is InChI=1S/C16H20ClN3O2/c1-11(2)22-15-14(18-7-8-19-15)20-10-16(3,21)12-5-4-6-13(17)9-12/h4-9,11,21H,10H2,1-3H3,(H,18,20)/t16-/m0/s1. The molecule has 6 heteroatoms. The van der Waals surface area contributed by atoms with Gasteiger partial charge < -0.3 is 15.2 Å². The Morgan fingerprint density at radius 2 is 2.05 bits per heavy atom. The van der Waals surface area contributed by atoms with Crippen LogP contribution in [0.1, 0.15) is 26.3 Å². The number of aromatic nitrogens is 2. The third-order valence-corrected chi connectivity index (χ3v) is 3.29. The molecule has 0 spiro atoms. The summed E-state index contributed by atoms with van der Waals surface area (Å²) in [6, 6.07) is 7.15. The van der Waals surface area contributed by atoms with Crippen LogP contribution in [0, 0.1) is 0 Å². The maximum Gasteiger partial charge on any atom is 0.257 e. The Balaban J connectivity index is 2.12. The van der Waals surface area contributed by atoms with Crippen molar-refractivity contribution in [3.05, 3.63) is 47.2 Å². The molecule has 1 aromatic heterocycles. The van der Waals surface area contributed by atoms with E-state index in [4.69, 9.17) is 16.3 Å². The van der Waals surface area contributed by atoms with Crippen LogP contribution in [0.4, 0.5) is 5.82 Å². The van der Waals surface area contributed by atoms with Crippen LogP contribution >= 0.6 is 11.6 Å². The molecule has 0 bridgehead atoms. The minimum absolute atomic E-state index is 0.00862. The first-order valence-corrected chi connectivity index (χ1v) is 7.46. The highest BCUT2D eigenvalue weighted by Crippen LogP contribution is 2.25. The number of hydrogen-bond acceptors (Lipinski definition) is 5. The Morgan fingerprint density at radius 1 is 1.32 bits per heavy atom. The lowest BCUT2D eigenvalue weighted by molar-refractivity contribution is 0.0713. The molecule has 2 N–H and O–H groups in total. The first-order valence-electron chi connectivity index (χ1n) is 7.08. The molecule has 5 nitrogen and oxygen atoms in total. The molecule has 0 radical (unpaired) electrons. The highest BCUT2D eigenvalue weighted by atomic mass is 35.5. The minimum atomic E-state index is -1.10. The summed E-state index contributed by atoms with van der Waals surface area (Å²) in [6.07, 6.45) is 3.13. The molecule has 0 aliphatic carbocycles. The maximum atomic E-state index is 10.6. The van der Waals surface area contributed by atoms with Gasteiger partial charge in [-0.15, -0.1) is 0 Å². The summed E-state index contributed by atoms with van der Waals surface area (Å²) in [5.74, 6) is 0.915. The highest BCUT2D eigenvalue weighted by molar-refractivity contribution is 6.30. The van der Waals surface area contributed by atoms with Crippen molar-refractivity contribution in [1.82, 2.24) is 9.97 Å². The Morgan fingerprint density at radius 3 is 2.73 bits per heavy atom. The van der Waals surface area contributed by atoms with E-state index in [0.717, 1.165) is 5.56 Å². The molecule has 0 saturated heterocycles. The van der Waals surface area contributed by atoms with E-state index < -0.39 is 5.60 Å². The molecule has 0 aliphatic heterocycles. The van der Waals surface area contributed by atoms with Crippen LogP contribution in [0.2, 0.25) is 5.02 Å². The predicted molar refractivity (Wildman–Crippen MR) is 87.3 cm³/mol. The quantitative estimate of drug-likeness (QED) is 0.855. The van der Waals surface area contributed by atoms with Gasteiger partial charge in [0.1, 0.15) is 5.60 Å². The monoisotopic (exact) mass is 321 g/mol. The van der Waals surface area contributed by atoms with Crippen molar-refractivity contribution in [2.75, 3.05) is 11.9 Å². The van der Waals surface area contributed by atoms with Gasteiger partial charge in [0.05, 0.1) is 6.10 Å². The number of nitrogens with one attached hydrogen (secondary N) is 1. The fraction of sp³-hybridized carbons (Fsp3) is 0.375. The highest BCUT2D eigenvalue weighted by Gasteiger charge is 2.24. The fourth-order valence-corrected chi connectivity index (χ4v) is 2.13. The number of ether oxygens (including phenoxy) is 1.